The van der Waals surface area contributed by atoms with Crippen LogP contribution in [0.25, 0.3) is 0 Å². The Morgan fingerprint density at radius 3 is 3.05 bits per heavy atom. The fourth-order valence-electron chi connectivity index (χ4n) is 3.58. The van der Waals surface area contributed by atoms with E-state index in [2.05, 4.69) is 22.5 Å². The Kier molecular flexibility index (Phi) is 4.60. The van der Waals surface area contributed by atoms with Crippen LogP contribution in [-0.4, -0.2) is 23.0 Å². The van der Waals surface area contributed by atoms with Gasteiger partial charge in [-0.1, -0.05) is 19.8 Å². The van der Waals surface area contributed by atoms with Crippen LogP contribution in [0.3, 0.4) is 0 Å². The maximum absolute atomic E-state index is 12.5. The molecule has 0 bridgehead atoms. The average molecular weight is 307 g/mol. The molecule has 2 fully saturated rings. The molecule has 1 saturated heterocycles. The van der Waals surface area contributed by atoms with Crippen LogP contribution in [0.15, 0.2) is 6.20 Å². The standard InChI is InChI=1S/C16H25N3OS/c1-3-12-9-17-16(21-12)10(2)18-15(20)14-8-11-6-4-5-7-13(11)19-14/h9-11,13-14,19H,3-8H2,1-2H3,(H,18,20). The smallest absolute Gasteiger partial charge is 0.237 e. The highest BCUT2D eigenvalue weighted by Crippen LogP contribution is 2.33. The number of rotatable bonds is 4. The number of thiazole rings is 1. The van der Waals surface area contributed by atoms with E-state index in [0.717, 1.165) is 17.8 Å². The fraction of sp³-hybridized carbons (Fsp3) is 0.750. The predicted octanol–water partition coefficient (Wildman–Crippen LogP) is 2.80. The first kappa shape index (κ1) is 15.0. The maximum atomic E-state index is 12.5. The van der Waals surface area contributed by atoms with Crippen LogP contribution < -0.4 is 10.6 Å². The first-order valence-electron chi connectivity index (χ1n) is 8.18. The molecular formula is C16H25N3OS. The van der Waals surface area contributed by atoms with E-state index in [9.17, 15) is 4.79 Å². The molecule has 1 aromatic heterocycles. The molecule has 1 saturated carbocycles. The number of aryl methyl sites for hydroxylation is 1. The molecule has 2 N–H and O–H groups in total. The lowest BCUT2D eigenvalue weighted by molar-refractivity contribution is -0.123. The molecule has 1 amide bonds. The number of carbonyl (C=O) groups excluding carboxylic acids is 1. The monoisotopic (exact) mass is 307 g/mol. The molecule has 2 heterocycles. The molecule has 116 valence electrons. The van der Waals surface area contributed by atoms with Gasteiger partial charge in [0.2, 0.25) is 5.91 Å². The third-order valence-corrected chi connectivity index (χ3v) is 6.15. The second-order valence-electron chi connectivity index (χ2n) is 6.35. The number of nitrogens with zero attached hydrogens (tertiary/aromatic N) is 1. The van der Waals surface area contributed by atoms with Crippen LogP contribution in [0.1, 0.15) is 61.9 Å². The second kappa shape index (κ2) is 6.44. The highest BCUT2D eigenvalue weighted by molar-refractivity contribution is 7.11. The van der Waals surface area contributed by atoms with Crippen molar-refractivity contribution in [2.45, 2.75) is 70.5 Å². The molecule has 4 atom stereocenters. The third-order valence-electron chi connectivity index (χ3n) is 4.83. The third kappa shape index (κ3) is 3.29. The van der Waals surface area contributed by atoms with Crippen LogP contribution in [0.4, 0.5) is 0 Å². The molecule has 3 rings (SSSR count). The van der Waals surface area contributed by atoms with Gasteiger partial charge in [0.1, 0.15) is 5.01 Å². The minimum absolute atomic E-state index is 0.00669. The van der Waals surface area contributed by atoms with Gasteiger partial charge in [-0.05, 0) is 38.5 Å². The summed E-state index contributed by atoms with van der Waals surface area (Å²) in [4.78, 5) is 18.1. The van der Waals surface area contributed by atoms with Crippen molar-refractivity contribution in [1.29, 1.82) is 0 Å². The molecule has 0 spiro atoms. The van der Waals surface area contributed by atoms with Gasteiger partial charge >= 0.3 is 0 Å². The normalized spacial score (nSPS) is 29.9. The van der Waals surface area contributed by atoms with Crippen molar-refractivity contribution in [3.05, 3.63) is 16.1 Å². The van der Waals surface area contributed by atoms with Gasteiger partial charge < -0.3 is 10.6 Å². The molecule has 1 aliphatic carbocycles. The zero-order valence-corrected chi connectivity index (χ0v) is 13.7. The van der Waals surface area contributed by atoms with Gasteiger partial charge in [-0.15, -0.1) is 11.3 Å². The molecule has 4 nitrogen and oxygen atoms in total. The van der Waals surface area contributed by atoms with E-state index < -0.39 is 0 Å². The van der Waals surface area contributed by atoms with Gasteiger partial charge in [0.05, 0.1) is 12.1 Å². The molecule has 1 aromatic rings. The number of hydrogen-bond donors (Lipinski definition) is 2. The number of hydrogen-bond acceptors (Lipinski definition) is 4. The summed E-state index contributed by atoms with van der Waals surface area (Å²) < 4.78 is 0. The first-order chi connectivity index (χ1) is 10.2. The minimum Gasteiger partial charge on any atom is -0.346 e. The van der Waals surface area contributed by atoms with Crippen molar-refractivity contribution in [2.24, 2.45) is 5.92 Å². The number of carbonyl (C=O) groups is 1. The Morgan fingerprint density at radius 2 is 2.33 bits per heavy atom. The SMILES string of the molecule is CCc1cnc(C(C)NC(=O)C2CC3CCCCC3N2)s1. The zero-order valence-electron chi connectivity index (χ0n) is 12.9. The van der Waals surface area contributed by atoms with Crippen LogP contribution in [0.2, 0.25) is 0 Å². The van der Waals surface area contributed by atoms with Gasteiger partial charge in [-0.25, -0.2) is 4.98 Å². The lowest BCUT2D eigenvalue weighted by Crippen LogP contribution is -2.43. The summed E-state index contributed by atoms with van der Waals surface area (Å²) in [6.07, 6.45) is 9.07. The van der Waals surface area contributed by atoms with Crippen molar-refractivity contribution in [1.82, 2.24) is 15.6 Å². The van der Waals surface area contributed by atoms with Crippen LogP contribution >= 0.6 is 11.3 Å². The van der Waals surface area contributed by atoms with Crippen molar-refractivity contribution >= 4 is 17.2 Å². The maximum Gasteiger partial charge on any atom is 0.237 e. The summed E-state index contributed by atoms with van der Waals surface area (Å²) >= 11 is 1.70. The van der Waals surface area contributed by atoms with E-state index in [4.69, 9.17) is 0 Å². The quantitative estimate of drug-likeness (QED) is 0.899. The first-order valence-corrected chi connectivity index (χ1v) is 9.00. The number of fused-ring (bicyclic) bond motifs is 1. The highest BCUT2D eigenvalue weighted by atomic mass is 32.1. The lowest BCUT2D eigenvalue weighted by Gasteiger charge is -2.24. The van der Waals surface area contributed by atoms with Crippen molar-refractivity contribution in [2.75, 3.05) is 0 Å². The van der Waals surface area contributed by atoms with Gasteiger partial charge in [-0.2, -0.15) is 0 Å². The number of nitrogens with one attached hydrogen (secondary N) is 2. The average Bonchev–Trinajstić information content (AvgIpc) is 3.13. The topological polar surface area (TPSA) is 54.0 Å². The van der Waals surface area contributed by atoms with E-state index in [1.54, 1.807) is 11.3 Å². The highest BCUT2D eigenvalue weighted by Gasteiger charge is 2.38. The second-order valence-corrected chi connectivity index (χ2v) is 7.50. The summed E-state index contributed by atoms with van der Waals surface area (Å²) in [5, 5.41) is 7.68. The largest absolute Gasteiger partial charge is 0.346 e. The van der Waals surface area contributed by atoms with E-state index >= 15 is 0 Å². The minimum atomic E-state index is -0.00819. The molecular weight excluding hydrogens is 282 g/mol. The van der Waals surface area contributed by atoms with Crippen LogP contribution in [-0.2, 0) is 11.2 Å². The molecule has 21 heavy (non-hydrogen) atoms. The summed E-state index contributed by atoms with van der Waals surface area (Å²) in [7, 11) is 0. The summed E-state index contributed by atoms with van der Waals surface area (Å²) in [5.74, 6) is 0.849. The summed E-state index contributed by atoms with van der Waals surface area (Å²) in [6, 6.07) is 0.565. The molecule has 4 unspecified atom stereocenters. The molecule has 1 aliphatic heterocycles. The van der Waals surface area contributed by atoms with Gasteiger partial charge in [0.25, 0.3) is 0 Å². The molecule has 5 heteroatoms. The Morgan fingerprint density at radius 1 is 1.52 bits per heavy atom. The Labute approximate surface area is 130 Å². The summed E-state index contributed by atoms with van der Waals surface area (Å²) in [6.45, 7) is 4.16. The lowest BCUT2D eigenvalue weighted by atomic mass is 9.85. The Hall–Kier alpha value is -0.940. The number of aromatic nitrogens is 1. The zero-order chi connectivity index (χ0) is 14.8. The van der Waals surface area contributed by atoms with Crippen molar-refractivity contribution in [3.63, 3.8) is 0 Å². The van der Waals surface area contributed by atoms with Gasteiger partial charge in [-0.3, -0.25) is 4.79 Å². The van der Waals surface area contributed by atoms with Crippen molar-refractivity contribution < 1.29 is 4.79 Å². The summed E-state index contributed by atoms with van der Waals surface area (Å²) in [5.41, 5.74) is 0. The van der Waals surface area contributed by atoms with Crippen molar-refractivity contribution in [3.8, 4) is 0 Å². The van der Waals surface area contributed by atoms with Gasteiger partial charge in [0.15, 0.2) is 0 Å². The molecule has 0 aromatic carbocycles. The van der Waals surface area contributed by atoms with E-state index in [-0.39, 0.29) is 18.0 Å². The van der Waals surface area contributed by atoms with Gasteiger partial charge in [0, 0.05) is 17.1 Å². The van der Waals surface area contributed by atoms with E-state index in [1.165, 1.54) is 30.6 Å². The Bertz CT molecular complexity index is 487. The van der Waals surface area contributed by atoms with E-state index in [1.807, 2.05) is 13.1 Å². The molecule has 0 radical (unpaired) electrons. The number of amides is 1. The van der Waals surface area contributed by atoms with Crippen LogP contribution in [0.5, 0.6) is 0 Å². The van der Waals surface area contributed by atoms with Crippen LogP contribution in [0, 0.1) is 5.92 Å². The fourth-order valence-corrected chi connectivity index (χ4v) is 4.44. The Balaban J connectivity index is 1.56. The molecule has 2 aliphatic rings. The van der Waals surface area contributed by atoms with E-state index in [0.29, 0.717) is 12.0 Å². The predicted molar refractivity (Wildman–Crippen MR) is 85.3 cm³/mol.